The van der Waals surface area contributed by atoms with Crippen LogP contribution in [-0.2, 0) is 16.2 Å². The molecule has 0 spiro atoms. The molecular weight excluding hydrogens is 1060 g/mol. The Labute approximate surface area is 524 Å². The first kappa shape index (κ1) is 58.5. The van der Waals surface area contributed by atoms with Gasteiger partial charge >= 0.3 is 0 Å². The molecule has 0 fully saturated rings. The van der Waals surface area contributed by atoms with Gasteiger partial charge in [0.05, 0.1) is 0 Å². The summed E-state index contributed by atoms with van der Waals surface area (Å²) in [5, 5.41) is 0. The number of hydrogen-bond donors (Lipinski definition) is 0. The highest BCUT2D eigenvalue weighted by atomic mass is 14.3. The van der Waals surface area contributed by atoms with Gasteiger partial charge in [0.2, 0.25) is 0 Å². The van der Waals surface area contributed by atoms with Crippen molar-refractivity contribution in [3.8, 4) is 55.6 Å². The fourth-order valence-corrected chi connectivity index (χ4v) is 12.5. The van der Waals surface area contributed by atoms with E-state index in [0.717, 1.165) is 44.5 Å². The number of hydrogen-bond acceptors (Lipinski definition) is 0. The summed E-state index contributed by atoms with van der Waals surface area (Å²) in [6, 6.07) is 115. The molecule has 0 unspecified atom stereocenters. The van der Waals surface area contributed by atoms with E-state index < -0.39 is 0 Å². The largest absolute Gasteiger partial charge is 0.0622 e. The standard InChI is InChI=1S/C88H78/c1-86(2,3)74-54-48-71(49-55-74)83-77(61-40-44-69(45-41-61)81(67-36-24-14-25-37-67)79(63-28-16-10-17-29-63)64-30-18-11-19-31-64)60-78(84(72-50-56-75(57-51-72)87(4,5)6)85(83)73-52-58-76(59-53-73)88(7,8)9)62-42-46-70(47-43-62)82(68-38-26-15-27-39-68)80(65-32-20-12-21-33-65)66-34-22-13-23-35-66/h10-60H,1-9H3. The molecule has 0 heterocycles. The number of rotatable bonds is 13. The van der Waals surface area contributed by atoms with Gasteiger partial charge in [0.1, 0.15) is 0 Å². The van der Waals surface area contributed by atoms with Crippen molar-refractivity contribution < 1.29 is 0 Å². The van der Waals surface area contributed by atoms with Crippen molar-refractivity contribution >= 4 is 22.3 Å². The molecule has 0 aliphatic rings. The monoisotopic (exact) mass is 1130 g/mol. The molecule has 12 rings (SSSR count). The minimum absolute atomic E-state index is 0.0281. The minimum atomic E-state index is -0.0336. The third-order valence-electron chi connectivity index (χ3n) is 17.3. The molecule has 0 aliphatic heterocycles. The van der Waals surface area contributed by atoms with Crippen molar-refractivity contribution in [1.82, 2.24) is 0 Å². The van der Waals surface area contributed by atoms with Gasteiger partial charge in [0, 0.05) is 0 Å². The van der Waals surface area contributed by atoms with Gasteiger partial charge in [-0.25, -0.2) is 0 Å². The molecule has 0 saturated carbocycles. The molecule has 0 aliphatic carbocycles. The zero-order chi connectivity index (χ0) is 61.0. The van der Waals surface area contributed by atoms with Crippen molar-refractivity contribution in [2.24, 2.45) is 0 Å². The Morgan fingerprint density at radius 2 is 0.364 bits per heavy atom. The summed E-state index contributed by atoms with van der Waals surface area (Å²) in [6.07, 6.45) is 0. The molecule has 0 heteroatoms. The molecule has 12 aromatic rings. The first-order valence-electron chi connectivity index (χ1n) is 31.1. The molecule has 88 heavy (non-hydrogen) atoms. The smallest absolute Gasteiger partial charge is 0.00143 e. The molecule has 0 aromatic heterocycles. The van der Waals surface area contributed by atoms with Crippen LogP contribution in [0.25, 0.3) is 77.9 Å². The Morgan fingerprint density at radius 3 is 0.568 bits per heavy atom. The van der Waals surface area contributed by atoms with Crippen LogP contribution in [0.2, 0.25) is 0 Å². The van der Waals surface area contributed by atoms with Gasteiger partial charge in [-0.2, -0.15) is 0 Å². The lowest BCUT2D eigenvalue weighted by Crippen LogP contribution is -2.11. The summed E-state index contributed by atoms with van der Waals surface area (Å²) < 4.78 is 0. The van der Waals surface area contributed by atoms with E-state index in [0.29, 0.717) is 0 Å². The Bertz CT molecular complexity index is 4040. The lowest BCUT2D eigenvalue weighted by Gasteiger charge is -2.27. The van der Waals surface area contributed by atoms with Crippen LogP contribution in [0.15, 0.2) is 309 Å². The van der Waals surface area contributed by atoms with Gasteiger partial charge in [-0.15, -0.1) is 0 Å². The summed E-state index contributed by atoms with van der Waals surface area (Å²) in [5.74, 6) is 0. The number of benzene rings is 12. The Balaban J connectivity index is 1.17. The molecule has 0 N–H and O–H groups in total. The van der Waals surface area contributed by atoms with Crippen LogP contribution in [0.3, 0.4) is 0 Å². The topological polar surface area (TPSA) is 0 Å². The Morgan fingerprint density at radius 1 is 0.182 bits per heavy atom. The Kier molecular flexibility index (Phi) is 16.5. The van der Waals surface area contributed by atoms with Crippen molar-refractivity contribution in [3.05, 3.63) is 371 Å². The summed E-state index contributed by atoms with van der Waals surface area (Å²) in [6.45, 7) is 20.7. The molecular formula is C88H78. The quantitative estimate of drug-likeness (QED) is 0.101. The van der Waals surface area contributed by atoms with Crippen LogP contribution in [-0.4, -0.2) is 0 Å². The zero-order valence-electron chi connectivity index (χ0n) is 52.4. The molecule has 0 amide bonds. The molecule has 0 nitrogen and oxygen atoms in total. The fourth-order valence-electron chi connectivity index (χ4n) is 12.5. The van der Waals surface area contributed by atoms with E-state index in [2.05, 4.69) is 372 Å². The molecule has 12 aromatic carbocycles. The van der Waals surface area contributed by atoms with E-state index in [1.54, 1.807) is 0 Å². The van der Waals surface area contributed by atoms with E-state index in [4.69, 9.17) is 0 Å². The molecule has 430 valence electrons. The lowest BCUT2D eigenvalue weighted by molar-refractivity contribution is 0.590. The van der Waals surface area contributed by atoms with E-state index in [9.17, 15) is 0 Å². The van der Waals surface area contributed by atoms with Crippen molar-refractivity contribution in [2.75, 3.05) is 0 Å². The minimum Gasteiger partial charge on any atom is -0.0622 e. The van der Waals surface area contributed by atoms with E-state index in [1.807, 2.05) is 0 Å². The molecule has 0 bridgehead atoms. The summed E-state index contributed by atoms with van der Waals surface area (Å²) in [4.78, 5) is 0. The van der Waals surface area contributed by atoms with E-state index in [-0.39, 0.29) is 16.2 Å². The average molecular weight is 1140 g/mol. The lowest BCUT2D eigenvalue weighted by atomic mass is 9.77. The van der Waals surface area contributed by atoms with Crippen LogP contribution in [0.1, 0.15) is 124 Å². The maximum Gasteiger partial charge on any atom is -0.00143 e. The van der Waals surface area contributed by atoms with Crippen LogP contribution in [0, 0.1) is 0 Å². The van der Waals surface area contributed by atoms with Crippen LogP contribution in [0.4, 0.5) is 0 Å². The highest BCUT2D eigenvalue weighted by molar-refractivity contribution is 6.09. The van der Waals surface area contributed by atoms with Gasteiger partial charge in [-0.05, 0) is 161 Å². The predicted octanol–water partition coefficient (Wildman–Crippen LogP) is 23.9. The second-order valence-electron chi connectivity index (χ2n) is 26.4. The molecule has 0 radical (unpaired) electrons. The Hall–Kier alpha value is -9.88. The van der Waals surface area contributed by atoms with Crippen molar-refractivity contribution in [3.63, 3.8) is 0 Å². The van der Waals surface area contributed by atoms with Gasteiger partial charge in [-0.1, -0.05) is 366 Å². The second kappa shape index (κ2) is 24.8. The van der Waals surface area contributed by atoms with Crippen molar-refractivity contribution in [2.45, 2.75) is 78.6 Å². The van der Waals surface area contributed by atoms with E-state index in [1.165, 1.54) is 94.6 Å². The van der Waals surface area contributed by atoms with Gasteiger partial charge in [-0.3, -0.25) is 0 Å². The zero-order valence-corrected chi connectivity index (χ0v) is 52.4. The highest BCUT2D eigenvalue weighted by Crippen LogP contribution is 2.52. The van der Waals surface area contributed by atoms with Crippen molar-refractivity contribution in [1.29, 1.82) is 0 Å². The first-order valence-corrected chi connectivity index (χ1v) is 31.1. The van der Waals surface area contributed by atoms with Crippen LogP contribution >= 0.6 is 0 Å². The fraction of sp³-hybridized carbons (Fsp3) is 0.136. The van der Waals surface area contributed by atoms with Gasteiger partial charge < -0.3 is 0 Å². The summed E-state index contributed by atoms with van der Waals surface area (Å²) in [7, 11) is 0. The van der Waals surface area contributed by atoms with Crippen LogP contribution < -0.4 is 0 Å². The summed E-state index contributed by atoms with van der Waals surface area (Å²) in [5.41, 5.74) is 29.6. The third kappa shape index (κ3) is 12.4. The van der Waals surface area contributed by atoms with E-state index >= 15 is 0 Å². The van der Waals surface area contributed by atoms with Gasteiger partial charge in [0.25, 0.3) is 0 Å². The maximum absolute atomic E-state index is 2.51. The average Bonchev–Trinajstić information content (AvgIpc) is 0.773. The second-order valence-corrected chi connectivity index (χ2v) is 26.4. The maximum atomic E-state index is 2.51. The predicted molar refractivity (Wildman–Crippen MR) is 378 cm³/mol. The normalized spacial score (nSPS) is 11.7. The SMILES string of the molecule is CC(C)(C)c1ccc(-c2c(-c3ccc(C(=C(c4ccccc4)c4ccccc4)c4ccccc4)cc3)cc(-c3ccc(C(=C(c4ccccc4)c4ccccc4)c4ccccc4)cc3)c(-c3ccc(C(C)(C)C)cc3)c2-c2ccc(C(C)(C)C)cc2)cc1. The highest BCUT2D eigenvalue weighted by Gasteiger charge is 2.27. The third-order valence-corrected chi connectivity index (χ3v) is 17.3. The molecule has 0 atom stereocenters. The first-order chi connectivity index (χ1) is 42.6. The van der Waals surface area contributed by atoms with Crippen LogP contribution in [0.5, 0.6) is 0 Å². The summed E-state index contributed by atoms with van der Waals surface area (Å²) >= 11 is 0. The van der Waals surface area contributed by atoms with Gasteiger partial charge in [0.15, 0.2) is 0 Å². The molecule has 0 saturated heterocycles.